The van der Waals surface area contributed by atoms with E-state index in [2.05, 4.69) is 36.1 Å². The smallest absolute Gasteiger partial charge is 0.254 e. The van der Waals surface area contributed by atoms with Gasteiger partial charge in [0.25, 0.3) is 5.91 Å². The van der Waals surface area contributed by atoms with Crippen LogP contribution in [0.25, 0.3) is 21.8 Å². The molecule has 0 saturated carbocycles. The van der Waals surface area contributed by atoms with E-state index in [1.807, 2.05) is 25.1 Å². The number of fused-ring (bicyclic) bond motifs is 2. The molecule has 31 heavy (non-hydrogen) atoms. The number of halogens is 1. The maximum Gasteiger partial charge on any atom is 0.254 e. The summed E-state index contributed by atoms with van der Waals surface area (Å²) in [6.07, 6.45) is 1.71. The number of nitrogens with zero attached hydrogens (tertiary/aromatic N) is 1. The van der Waals surface area contributed by atoms with E-state index in [0.717, 1.165) is 17.3 Å². The number of carbonyl (C=O) groups excluding carboxylic acids is 1. The van der Waals surface area contributed by atoms with Gasteiger partial charge in [0.05, 0.1) is 17.1 Å². The van der Waals surface area contributed by atoms with Gasteiger partial charge in [0.2, 0.25) is 0 Å². The molecule has 2 heterocycles. The Hall–Kier alpha value is -3.54. The molecule has 0 radical (unpaired) electrons. The van der Waals surface area contributed by atoms with Crippen LogP contribution in [-0.4, -0.2) is 15.9 Å². The van der Waals surface area contributed by atoms with Crippen molar-refractivity contribution in [2.24, 2.45) is 0 Å². The van der Waals surface area contributed by atoms with E-state index in [0.29, 0.717) is 16.4 Å². The fraction of sp³-hybridized carbons (Fsp3) is 0.240. The highest BCUT2D eigenvalue weighted by molar-refractivity contribution is 6.00. The van der Waals surface area contributed by atoms with Crippen molar-refractivity contribution in [1.29, 1.82) is 0 Å². The molecule has 2 aromatic carbocycles. The second kappa shape index (κ2) is 7.61. The molecule has 1 atom stereocenters. The summed E-state index contributed by atoms with van der Waals surface area (Å²) in [4.78, 5) is 33.1. The zero-order chi connectivity index (χ0) is 22.3. The molecule has 0 saturated heterocycles. The highest BCUT2D eigenvalue weighted by Gasteiger charge is 2.20. The molecule has 1 unspecified atom stereocenters. The number of carbonyl (C=O) groups is 1. The van der Waals surface area contributed by atoms with Crippen molar-refractivity contribution in [3.63, 3.8) is 0 Å². The number of para-hydroxylation sites is 1. The molecule has 4 rings (SSSR count). The van der Waals surface area contributed by atoms with Gasteiger partial charge >= 0.3 is 0 Å². The molecule has 0 bridgehead atoms. The Bertz CT molecular complexity index is 1370. The average Bonchev–Trinajstić information content (AvgIpc) is 2.73. The molecule has 2 aromatic heterocycles. The molecule has 0 spiro atoms. The number of hydrogen-bond acceptors (Lipinski definition) is 3. The number of rotatable bonds is 3. The number of benzene rings is 2. The van der Waals surface area contributed by atoms with Gasteiger partial charge in [-0.2, -0.15) is 0 Å². The van der Waals surface area contributed by atoms with Crippen molar-refractivity contribution in [1.82, 2.24) is 15.3 Å². The van der Waals surface area contributed by atoms with Crippen LogP contribution in [0.3, 0.4) is 0 Å². The average molecular weight is 417 g/mol. The van der Waals surface area contributed by atoms with Gasteiger partial charge in [-0.05, 0) is 48.9 Å². The zero-order valence-electron chi connectivity index (χ0n) is 17.9. The second-order valence-electron chi connectivity index (χ2n) is 8.80. The Balaban J connectivity index is 1.68. The SMILES string of the molecule is CC(NC(=O)c1cc2[nH]c3ccccc3c(=O)c2cc1F)c1ccnc(C(C)(C)C)c1. The van der Waals surface area contributed by atoms with Crippen LogP contribution in [0.15, 0.2) is 59.5 Å². The van der Waals surface area contributed by atoms with Gasteiger partial charge in [-0.25, -0.2) is 4.39 Å². The van der Waals surface area contributed by atoms with Crippen LogP contribution in [0.1, 0.15) is 55.4 Å². The van der Waals surface area contributed by atoms with Gasteiger partial charge in [0.1, 0.15) is 5.82 Å². The minimum Gasteiger partial charge on any atom is -0.354 e. The van der Waals surface area contributed by atoms with Gasteiger partial charge in [-0.3, -0.25) is 14.6 Å². The molecule has 5 nitrogen and oxygen atoms in total. The predicted octanol–water partition coefficient (Wildman–Crippen LogP) is 5.00. The van der Waals surface area contributed by atoms with Gasteiger partial charge < -0.3 is 10.3 Å². The van der Waals surface area contributed by atoms with Crippen molar-refractivity contribution in [2.75, 3.05) is 0 Å². The molecule has 0 aliphatic rings. The lowest BCUT2D eigenvalue weighted by Crippen LogP contribution is -2.28. The summed E-state index contributed by atoms with van der Waals surface area (Å²) in [7, 11) is 0. The maximum absolute atomic E-state index is 14.8. The van der Waals surface area contributed by atoms with Crippen LogP contribution in [0.5, 0.6) is 0 Å². The van der Waals surface area contributed by atoms with E-state index < -0.39 is 11.7 Å². The number of pyridine rings is 2. The molecule has 0 aliphatic carbocycles. The van der Waals surface area contributed by atoms with E-state index in [-0.39, 0.29) is 27.8 Å². The molecule has 158 valence electrons. The number of amides is 1. The first-order valence-corrected chi connectivity index (χ1v) is 10.2. The molecule has 0 fully saturated rings. The minimum atomic E-state index is -0.733. The summed E-state index contributed by atoms with van der Waals surface area (Å²) in [6, 6.07) is 13.0. The summed E-state index contributed by atoms with van der Waals surface area (Å²) < 4.78 is 14.8. The van der Waals surface area contributed by atoms with Crippen molar-refractivity contribution in [2.45, 2.75) is 39.2 Å². The predicted molar refractivity (Wildman–Crippen MR) is 121 cm³/mol. The minimum absolute atomic E-state index is 0.115. The topological polar surface area (TPSA) is 74.8 Å². The fourth-order valence-electron chi connectivity index (χ4n) is 3.60. The van der Waals surface area contributed by atoms with Crippen LogP contribution in [-0.2, 0) is 5.41 Å². The molecular formula is C25H24FN3O2. The number of nitrogens with one attached hydrogen (secondary N) is 2. The molecular weight excluding hydrogens is 393 g/mol. The Morgan fingerprint density at radius 1 is 1.06 bits per heavy atom. The summed E-state index contributed by atoms with van der Waals surface area (Å²) in [5.41, 5.74) is 2.34. The quantitative estimate of drug-likeness (QED) is 0.461. The van der Waals surface area contributed by atoms with E-state index in [1.165, 1.54) is 6.07 Å². The van der Waals surface area contributed by atoms with Gasteiger partial charge in [0, 0.05) is 33.6 Å². The van der Waals surface area contributed by atoms with Gasteiger partial charge in [-0.15, -0.1) is 0 Å². The van der Waals surface area contributed by atoms with Gasteiger partial charge in [-0.1, -0.05) is 32.9 Å². The van der Waals surface area contributed by atoms with Crippen molar-refractivity contribution < 1.29 is 9.18 Å². The number of H-pyrrole nitrogens is 1. The Morgan fingerprint density at radius 3 is 2.55 bits per heavy atom. The van der Waals surface area contributed by atoms with E-state index in [4.69, 9.17) is 0 Å². The van der Waals surface area contributed by atoms with Crippen LogP contribution < -0.4 is 10.7 Å². The Morgan fingerprint density at radius 2 is 1.81 bits per heavy atom. The fourth-order valence-corrected chi connectivity index (χ4v) is 3.60. The van der Waals surface area contributed by atoms with Gasteiger partial charge in [0.15, 0.2) is 5.43 Å². The summed E-state index contributed by atoms with van der Waals surface area (Å²) in [5, 5.41) is 3.54. The van der Waals surface area contributed by atoms with Crippen LogP contribution in [0.4, 0.5) is 4.39 Å². The highest BCUT2D eigenvalue weighted by atomic mass is 19.1. The zero-order valence-corrected chi connectivity index (χ0v) is 17.9. The van der Waals surface area contributed by atoms with Crippen molar-refractivity contribution in [3.8, 4) is 0 Å². The highest BCUT2D eigenvalue weighted by Crippen LogP contribution is 2.24. The van der Waals surface area contributed by atoms with Crippen LogP contribution in [0.2, 0.25) is 0 Å². The van der Waals surface area contributed by atoms with E-state index in [1.54, 1.807) is 24.4 Å². The third kappa shape index (κ3) is 3.93. The number of aromatic amines is 1. The monoisotopic (exact) mass is 417 g/mol. The first kappa shape index (κ1) is 20.7. The Labute approximate surface area is 179 Å². The van der Waals surface area contributed by atoms with Crippen LogP contribution in [0, 0.1) is 5.82 Å². The third-order valence-electron chi connectivity index (χ3n) is 5.44. The van der Waals surface area contributed by atoms with Crippen molar-refractivity contribution >= 4 is 27.7 Å². The summed E-state index contributed by atoms with van der Waals surface area (Å²) >= 11 is 0. The lowest BCUT2D eigenvalue weighted by molar-refractivity contribution is 0.0936. The molecule has 6 heteroatoms. The summed E-state index contributed by atoms with van der Waals surface area (Å²) in [6.45, 7) is 8.04. The Kier molecular flexibility index (Phi) is 5.09. The van der Waals surface area contributed by atoms with E-state index >= 15 is 0 Å². The molecule has 0 aliphatic heterocycles. The summed E-state index contributed by atoms with van der Waals surface area (Å²) in [5.74, 6) is -1.28. The standard InChI is InChI=1S/C25H24FN3O2/c1-14(15-9-10-27-22(11-15)25(2,3)4)28-24(31)17-13-21-18(12-19(17)26)23(30)16-7-5-6-8-20(16)29-21/h5-14H,1-4H3,(H,28,31)(H,29,30). The molecule has 4 aromatic rings. The molecule has 1 amide bonds. The van der Waals surface area contributed by atoms with Crippen LogP contribution >= 0.6 is 0 Å². The van der Waals surface area contributed by atoms with Crippen molar-refractivity contribution in [3.05, 3.63) is 87.6 Å². The van der Waals surface area contributed by atoms with E-state index in [9.17, 15) is 14.0 Å². The molecule has 2 N–H and O–H groups in total. The first-order valence-electron chi connectivity index (χ1n) is 10.2. The largest absolute Gasteiger partial charge is 0.354 e. The first-order chi connectivity index (χ1) is 14.6. The lowest BCUT2D eigenvalue weighted by atomic mass is 9.90. The normalized spacial score (nSPS) is 12.8. The third-order valence-corrected chi connectivity index (χ3v) is 5.44. The second-order valence-corrected chi connectivity index (χ2v) is 8.80. The lowest BCUT2D eigenvalue weighted by Gasteiger charge is -2.21. The maximum atomic E-state index is 14.8. The number of aromatic nitrogens is 2. The number of hydrogen-bond donors (Lipinski definition) is 2.